The van der Waals surface area contributed by atoms with Crippen molar-refractivity contribution in [2.45, 2.75) is 6.92 Å². The van der Waals surface area contributed by atoms with Crippen LogP contribution in [0.25, 0.3) is 0 Å². The van der Waals surface area contributed by atoms with Crippen molar-refractivity contribution in [2.24, 2.45) is 0 Å². The Morgan fingerprint density at radius 1 is 1.33 bits per heavy atom. The maximum atomic E-state index is 11.0. The van der Waals surface area contributed by atoms with E-state index in [1.807, 2.05) is 5.32 Å². The molecule has 0 atom stereocenters. The fraction of sp³-hybridized carbons (Fsp3) is 0.100. The highest BCUT2D eigenvalue weighted by atomic mass is 16.2. The predicted octanol–water partition coefficient (Wildman–Crippen LogP) is 1.17. The van der Waals surface area contributed by atoms with Gasteiger partial charge in [0.1, 0.15) is 0 Å². The zero-order valence-electron chi connectivity index (χ0n) is 8.11. The first-order valence-corrected chi connectivity index (χ1v) is 4.25. The molecular formula is C10H10N2O3. The summed E-state index contributed by atoms with van der Waals surface area (Å²) in [6.45, 7) is 1.44. The van der Waals surface area contributed by atoms with Gasteiger partial charge in [0.05, 0.1) is 0 Å². The standard InChI is InChI=1S/C10H10N2O3/c1-7(14)8-3-2-4-9(5-8)12-10(15)11-6-13/h2-6H,1H3,(H2,11,12,13,15). The zero-order valence-corrected chi connectivity index (χ0v) is 8.11. The molecule has 2 N–H and O–H groups in total. The highest BCUT2D eigenvalue weighted by Gasteiger charge is 2.03. The largest absolute Gasteiger partial charge is 0.325 e. The minimum Gasteiger partial charge on any atom is -0.308 e. The van der Waals surface area contributed by atoms with Crippen LogP contribution in [-0.4, -0.2) is 18.2 Å². The van der Waals surface area contributed by atoms with E-state index < -0.39 is 6.03 Å². The fourth-order valence-corrected chi connectivity index (χ4v) is 1.04. The molecule has 5 heteroatoms. The van der Waals surface area contributed by atoms with Crippen molar-refractivity contribution in [3.05, 3.63) is 29.8 Å². The van der Waals surface area contributed by atoms with E-state index in [0.717, 1.165) is 0 Å². The van der Waals surface area contributed by atoms with Gasteiger partial charge in [0.2, 0.25) is 6.41 Å². The number of nitrogens with one attached hydrogen (secondary N) is 2. The number of imide groups is 1. The Morgan fingerprint density at radius 3 is 2.67 bits per heavy atom. The average Bonchev–Trinajstić information content (AvgIpc) is 2.18. The Hall–Kier alpha value is -2.17. The normalized spacial score (nSPS) is 9.13. The lowest BCUT2D eigenvalue weighted by Crippen LogP contribution is -2.27. The minimum absolute atomic E-state index is 0.0885. The van der Waals surface area contributed by atoms with Crippen LogP contribution in [0.4, 0.5) is 10.5 Å². The van der Waals surface area contributed by atoms with Crippen LogP contribution in [0.3, 0.4) is 0 Å². The van der Waals surface area contributed by atoms with Crippen LogP contribution in [0.15, 0.2) is 24.3 Å². The molecule has 0 unspecified atom stereocenters. The van der Waals surface area contributed by atoms with Gasteiger partial charge in [0.15, 0.2) is 5.78 Å². The summed E-state index contributed by atoms with van der Waals surface area (Å²) in [6, 6.07) is 5.81. The lowest BCUT2D eigenvalue weighted by Gasteiger charge is -2.04. The molecule has 0 heterocycles. The van der Waals surface area contributed by atoms with Crippen molar-refractivity contribution in [1.82, 2.24) is 5.32 Å². The first-order chi connectivity index (χ1) is 7.13. The first kappa shape index (κ1) is 10.9. The maximum Gasteiger partial charge on any atom is 0.325 e. The molecule has 15 heavy (non-hydrogen) atoms. The second kappa shape index (κ2) is 4.90. The molecule has 0 fully saturated rings. The average molecular weight is 206 g/mol. The van der Waals surface area contributed by atoms with Crippen molar-refractivity contribution in [3.63, 3.8) is 0 Å². The number of hydrogen-bond donors (Lipinski definition) is 2. The van der Waals surface area contributed by atoms with Gasteiger partial charge in [0.25, 0.3) is 0 Å². The lowest BCUT2D eigenvalue weighted by atomic mass is 10.1. The topological polar surface area (TPSA) is 75.3 Å². The second-order valence-corrected chi connectivity index (χ2v) is 2.85. The summed E-state index contributed by atoms with van der Waals surface area (Å²) in [5.74, 6) is -0.0885. The number of Topliss-reactive ketones (excluding diaryl/α,β-unsaturated/α-hetero) is 1. The molecule has 0 saturated carbocycles. The van der Waals surface area contributed by atoms with Crippen LogP contribution in [0.1, 0.15) is 17.3 Å². The maximum absolute atomic E-state index is 11.0. The van der Waals surface area contributed by atoms with E-state index >= 15 is 0 Å². The van der Waals surface area contributed by atoms with Crippen LogP contribution >= 0.6 is 0 Å². The Bertz CT molecular complexity index is 401. The summed E-state index contributed by atoms with van der Waals surface area (Å²) in [6.07, 6.45) is 0.282. The number of urea groups is 1. The minimum atomic E-state index is -0.634. The summed E-state index contributed by atoms with van der Waals surface area (Å²) in [4.78, 5) is 31.9. The van der Waals surface area contributed by atoms with E-state index in [0.29, 0.717) is 11.3 Å². The Balaban J connectivity index is 2.77. The number of hydrogen-bond acceptors (Lipinski definition) is 3. The van der Waals surface area contributed by atoms with Gasteiger partial charge in [-0.2, -0.15) is 0 Å². The molecule has 1 rings (SSSR count). The molecule has 0 saturated heterocycles. The number of rotatable bonds is 3. The Kier molecular flexibility index (Phi) is 3.56. The van der Waals surface area contributed by atoms with E-state index in [-0.39, 0.29) is 12.2 Å². The highest BCUT2D eigenvalue weighted by Crippen LogP contribution is 2.10. The van der Waals surface area contributed by atoms with Gasteiger partial charge >= 0.3 is 6.03 Å². The molecule has 0 aliphatic heterocycles. The molecular weight excluding hydrogens is 196 g/mol. The molecule has 1 aromatic rings. The Morgan fingerprint density at radius 2 is 2.07 bits per heavy atom. The summed E-state index contributed by atoms with van der Waals surface area (Å²) < 4.78 is 0. The number of anilines is 1. The third-order valence-electron chi connectivity index (χ3n) is 1.72. The first-order valence-electron chi connectivity index (χ1n) is 4.25. The van der Waals surface area contributed by atoms with Crippen LogP contribution in [-0.2, 0) is 4.79 Å². The van der Waals surface area contributed by atoms with Gasteiger partial charge in [0, 0.05) is 11.3 Å². The lowest BCUT2D eigenvalue weighted by molar-refractivity contribution is -0.108. The van der Waals surface area contributed by atoms with Crippen LogP contribution in [0.2, 0.25) is 0 Å². The van der Waals surface area contributed by atoms with Crippen molar-refractivity contribution < 1.29 is 14.4 Å². The van der Waals surface area contributed by atoms with Crippen LogP contribution in [0, 0.1) is 0 Å². The molecule has 0 aromatic heterocycles. The van der Waals surface area contributed by atoms with E-state index in [4.69, 9.17) is 0 Å². The van der Waals surface area contributed by atoms with Gasteiger partial charge in [-0.25, -0.2) is 4.79 Å². The third-order valence-corrected chi connectivity index (χ3v) is 1.72. The number of ketones is 1. The molecule has 0 spiro atoms. The quantitative estimate of drug-likeness (QED) is 0.575. The summed E-state index contributed by atoms with van der Waals surface area (Å²) >= 11 is 0. The molecule has 0 bridgehead atoms. The molecule has 0 aliphatic carbocycles. The number of carbonyl (C=O) groups is 3. The predicted molar refractivity (Wildman–Crippen MR) is 54.7 cm³/mol. The monoisotopic (exact) mass is 206 g/mol. The SMILES string of the molecule is CC(=O)c1cccc(NC(=O)NC=O)c1. The van der Waals surface area contributed by atoms with E-state index in [2.05, 4.69) is 5.32 Å². The third kappa shape index (κ3) is 3.22. The van der Waals surface area contributed by atoms with Crippen molar-refractivity contribution >= 4 is 23.9 Å². The summed E-state index contributed by atoms with van der Waals surface area (Å²) in [5.41, 5.74) is 0.959. The number of benzene rings is 1. The van der Waals surface area contributed by atoms with Gasteiger partial charge in [-0.05, 0) is 19.1 Å². The van der Waals surface area contributed by atoms with Crippen molar-refractivity contribution in [2.75, 3.05) is 5.32 Å². The summed E-state index contributed by atoms with van der Waals surface area (Å²) in [7, 11) is 0. The van der Waals surface area contributed by atoms with Crippen molar-refractivity contribution in [1.29, 1.82) is 0 Å². The van der Waals surface area contributed by atoms with Gasteiger partial charge in [-0.1, -0.05) is 12.1 Å². The second-order valence-electron chi connectivity index (χ2n) is 2.85. The number of carbonyl (C=O) groups excluding carboxylic acids is 3. The van der Waals surface area contributed by atoms with Crippen LogP contribution in [0.5, 0.6) is 0 Å². The zero-order chi connectivity index (χ0) is 11.3. The Labute approximate surface area is 86.5 Å². The van der Waals surface area contributed by atoms with Crippen molar-refractivity contribution in [3.8, 4) is 0 Å². The molecule has 1 aromatic carbocycles. The molecule has 5 nitrogen and oxygen atoms in total. The van der Waals surface area contributed by atoms with E-state index in [9.17, 15) is 14.4 Å². The summed E-state index contributed by atoms with van der Waals surface area (Å²) in [5, 5.41) is 4.33. The van der Waals surface area contributed by atoms with E-state index in [1.165, 1.54) is 13.0 Å². The van der Waals surface area contributed by atoms with Crippen LogP contribution < -0.4 is 10.6 Å². The number of amides is 3. The molecule has 0 radical (unpaired) electrons. The highest BCUT2D eigenvalue weighted by molar-refractivity contribution is 5.98. The molecule has 78 valence electrons. The fourth-order valence-electron chi connectivity index (χ4n) is 1.04. The molecule has 3 amide bonds. The van der Waals surface area contributed by atoms with Gasteiger partial charge in [-0.15, -0.1) is 0 Å². The van der Waals surface area contributed by atoms with E-state index in [1.54, 1.807) is 18.2 Å². The smallest absolute Gasteiger partial charge is 0.308 e. The van der Waals surface area contributed by atoms with Gasteiger partial charge < -0.3 is 5.32 Å². The molecule has 0 aliphatic rings. The van der Waals surface area contributed by atoms with Gasteiger partial charge in [-0.3, -0.25) is 14.9 Å².